The Morgan fingerprint density at radius 3 is 2.77 bits per heavy atom. The largest absolute Gasteiger partial charge is 0.280 e. The van der Waals surface area contributed by atoms with E-state index in [2.05, 4.69) is 34.4 Å². The molecule has 2 aromatic carbocycles. The van der Waals surface area contributed by atoms with Gasteiger partial charge in [0, 0.05) is 6.20 Å². The van der Waals surface area contributed by atoms with E-state index in [1.165, 1.54) is 16.9 Å². The van der Waals surface area contributed by atoms with Crippen LogP contribution in [0.4, 0.5) is 5.13 Å². The van der Waals surface area contributed by atoms with Crippen molar-refractivity contribution in [3.05, 3.63) is 77.6 Å². The third-order valence-electron chi connectivity index (χ3n) is 5.10. The number of aromatic nitrogens is 5. The Kier molecular flexibility index (Phi) is 4.91. The molecule has 0 saturated carbocycles. The summed E-state index contributed by atoms with van der Waals surface area (Å²) in [4.78, 5) is 24.4. The number of carbonyl (C=O) groups is 1. The van der Waals surface area contributed by atoms with Crippen LogP contribution >= 0.6 is 11.3 Å². The first kappa shape index (κ1) is 19.3. The fourth-order valence-electron chi connectivity index (χ4n) is 3.64. The third kappa shape index (κ3) is 3.77. The van der Waals surface area contributed by atoms with Crippen molar-refractivity contribution in [1.29, 1.82) is 0 Å². The minimum absolute atomic E-state index is 0.0707. The van der Waals surface area contributed by atoms with Crippen molar-refractivity contribution in [2.24, 2.45) is 0 Å². The van der Waals surface area contributed by atoms with Crippen molar-refractivity contribution in [3.8, 4) is 0 Å². The van der Waals surface area contributed by atoms with Crippen LogP contribution in [0.3, 0.4) is 0 Å². The number of hydrogen-bond donors (Lipinski definition) is 0. The second-order valence-corrected chi connectivity index (χ2v) is 8.47. The summed E-state index contributed by atoms with van der Waals surface area (Å²) in [5, 5.41) is 8.99. The molecule has 1 amide bonds. The van der Waals surface area contributed by atoms with Gasteiger partial charge in [0.25, 0.3) is 5.91 Å². The van der Waals surface area contributed by atoms with Crippen LogP contribution in [0.25, 0.3) is 21.3 Å². The lowest BCUT2D eigenvalue weighted by Gasteiger charge is -2.19. The quantitative estimate of drug-likeness (QED) is 0.417. The molecular weight excluding hydrogens is 408 g/mol. The lowest BCUT2D eigenvalue weighted by molar-refractivity contribution is -0.119. The van der Waals surface area contributed by atoms with E-state index in [9.17, 15) is 4.79 Å². The van der Waals surface area contributed by atoms with Gasteiger partial charge in [0.2, 0.25) is 0 Å². The van der Waals surface area contributed by atoms with E-state index in [0.29, 0.717) is 11.7 Å². The summed E-state index contributed by atoms with van der Waals surface area (Å²) in [6.45, 7) is 4.52. The molecule has 0 aliphatic carbocycles. The molecule has 0 aliphatic rings. The number of rotatable bonds is 5. The van der Waals surface area contributed by atoms with Crippen LogP contribution in [0.15, 0.2) is 60.8 Å². The first-order valence-corrected chi connectivity index (χ1v) is 10.8. The summed E-state index contributed by atoms with van der Waals surface area (Å²) in [6, 6.07) is 17.5. The maximum atomic E-state index is 13.5. The molecule has 154 valence electrons. The zero-order valence-corrected chi connectivity index (χ0v) is 18.0. The molecule has 5 aromatic rings. The van der Waals surface area contributed by atoms with Crippen molar-refractivity contribution < 1.29 is 4.79 Å². The van der Waals surface area contributed by atoms with Crippen LogP contribution < -0.4 is 4.90 Å². The Morgan fingerprint density at radius 2 is 1.94 bits per heavy atom. The van der Waals surface area contributed by atoms with Gasteiger partial charge in [-0.1, -0.05) is 40.8 Å². The molecule has 31 heavy (non-hydrogen) atoms. The molecule has 0 unspecified atom stereocenters. The van der Waals surface area contributed by atoms with E-state index in [1.54, 1.807) is 15.8 Å². The minimum atomic E-state index is -0.116. The molecular formula is C23H20N6OS. The summed E-state index contributed by atoms with van der Waals surface area (Å²) >= 11 is 1.52. The minimum Gasteiger partial charge on any atom is -0.280 e. The maximum absolute atomic E-state index is 13.5. The Morgan fingerprint density at radius 1 is 1.10 bits per heavy atom. The first-order chi connectivity index (χ1) is 15.1. The van der Waals surface area contributed by atoms with Crippen molar-refractivity contribution >= 4 is 43.6 Å². The van der Waals surface area contributed by atoms with Crippen molar-refractivity contribution in [1.82, 2.24) is 25.0 Å². The van der Waals surface area contributed by atoms with Gasteiger partial charge in [-0.3, -0.25) is 14.7 Å². The van der Waals surface area contributed by atoms with Crippen molar-refractivity contribution in [3.63, 3.8) is 0 Å². The van der Waals surface area contributed by atoms with E-state index in [0.717, 1.165) is 32.5 Å². The van der Waals surface area contributed by atoms with Gasteiger partial charge in [-0.15, -0.1) is 5.10 Å². The highest BCUT2D eigenvalue weighted by Gasteiger charge is 2.23. The smallest absolute Gasteiger partial charge is 0.250 e. The standard InChI is InChI=1S/C23H20N6OS/c1-15-11-16(2)22-20(12-15)31-23(25-22)28(13-17-7-5-6-10-24-17)21(30)14-29-19-9-4-3-8-18(19)26-27-29/h3-12H,13-14H2,1-2H3. The highest BCUT2D eigenvalue weighted by atomic mass is 32.1. The predicted octanol–water partition coefficient (Wildman–Crippen LogP) is 4.29. The zero-order valence-electron chi connectivity index (χ0n) is 17.2. The monoisotopic (exact) mass is 428 g/mol. The lowest BCUT2D eigenvalue weighted by Crippen LogP contribution is -2.34. The molecule has 0 saturated heterocycles. The molecule has 7 nitrogen and oxygen atoms in total. The maximum Gasteiger partial charge on any atom is 0.250 e. The van der Waals surface area contributed by atoms with Crippen LogP contribution in [0.1, 0.15) is 16.8 Å². The second kappa shape index (κ2) is 7.88. The van der Waals surface area contributed by atoms with Gasteiger partial charge in [-0.2, -0.15) is 0 Å². The number of thiazole rings is 1. The van der Waals surface area contributed by atoms with Crippen LogP contribution in [0, 0.1) is 13.8 Å². The van der Waals surface area contributed by atoms with E-state index in [1.807, 2.05) is 49.4 Å². The topological polar surface area (TPSA) is 76.8 Å². The van der Waals surface area contributed by atoms with Crippen LogP contribution in [0.2, 0.25) is 0 Å². The van der Waals surface area contributed by atoms with Gasteiger partial charge in [-0.25, -0.2) is 9.67 Å². The van der Waals surface area contributed by atoms with Gasteiger partial charge < -0.3 is 0 Å². The van der Waals surface area contributed by atoms with Crippen molar-refractivity contribution in [2.45, 2.75) is 26.9 Å². The Hall–Kier alpha value is -3.65. The molecule has 0 atom stereocenters. The summed E-state index contributed by atoms with van der Waals surface area (Å²) in [5.74, 6) is -0.116. The van der Waals surface area contributed by atoms with E-state index >= 15 is 0 Å². The molecule has 8 heteroatoms. The summed E-state index contributed by atoms with van der Waals surface area (Å²) < 4.78 is 2.70. The van der Waals surface area contributed by atoms with Gasteiger partial charge >= 0.3 is 0 Å². The number of nitrogens with zero attached hydrogens (tertiary/aromatic N) is 6. The van der Waals surface area contributed by atoms with E-state index in [-0.39, 0.29) is 12.5 Å². The number of aryl methyl sites for hydroxylation is 2. The van der Waals surface area contributed by atoms with Crippen molar-refractivity contribution in [2.75, 3.05) is 4.90 Å². The molecule has 0 spiro atoms. The lowest BCUT2D eigenvalue weighted by atomic mass is 10.1. The fraction of sp³-hybridized carbons (Fsp3) is 0.174. The number of hydrogen-bond acceptors (Lipinski definition) is 6. The highest BCUT2D eigenvalue weighted by molar-refractivity contribution is 7.22. The average Bonchev–Trinajstić information content (AvgIpc) is 3.37. The average molecular weight is 429 g/mol. The number of anilines is 1. The number of amides is 1. The van der Waals surface area contributed by atoms with Gasteiger partial charge in [0.1, 0.15) is 12.1 Å². The third-order valence-corrected chi connectivity index (χ3v) is 6.13. The van der Waals surface area contributed by atoms with Gasteiger partial charge in [0.15, 0.2) is 5.13 Å². The highest BCUT2D eigenvalue weighted by Crippen LogP contribution is 2.32. The van der Waals surface area contributed by atoms with Gasteiger partial charge in [0.05, 0.1) is 28.0 Å². The summed E-state index contributed by atoms with van der Waals surface area (Å²) in [5.41, 5.74) is 5.59. The Bertz CT molecular complexity index is 1390. The van der Waals surface area contributed by atoms with Crippen LogP contribution in [-0.4, -0.2) is 30.9 Å². The molecule has 0 bridgehead atoms. The number of pyridine rings is 1. The molecule has 0 radical (unpaired) electrons. The summed E-state index contributed by atoms with van der Waals surface area (Å²) in [6.07, 6.45) is 1.73. The molecule has 0 N–H and O–H groups in total. The van der Waals surface area contributed by atoms with Crippen LogP contribution in [-0.2, 0) is 17.9 Å². The SMILES string of the molecule is Cc1cc(C)c2nc(N(Cc3ccccn3)C(=O)Cn3nnc4ccccc43)sc2c1. The predicted molar refractivity (Wildman–Crippen MR) is 122 cm³/mol. The summed E-state index contributed by atoms with van der Waals surface area (Å²) in [7, 11) is 0. The van der Waals surface area contributed by atoms with Gasteiger partial charge in [-0.05, 0) is 55.3 Å². The van der Waals surface area contributed by atoms with E-state index in [4.69, 9.17) is 4.98 Å². The second-order valence-electron chi connectivity index (χ2n) is 7.46. The zero-order chi connectivity index (χ0) is 21.4. The number of fused-ring (bicyclic) bond motifs is 2. The normalized spacial score (nSPS) is 11.3. The molecule has 0 aliphatic heterocycles. The number of benzene rings is 2. The van der Waals surface area contributed by atoms with Crippen LogP contribution in [0.5, 0.6) is 0 Å². The Labute approximate surface area is 183 Å². The number of para-hydroxylation sites is 1. The molecule has 3 heterocycles. The molecule has 0 fully saturated rings. The fourth-order valence-corrected chi connectivity index (χ4v) is 4.80. The first-order valence-electron chi connectivity index (χ1n) is 9.95. The Balaban J connectivity index is 1.54. The molecule has 5 rings (SSSR count). The molecule has 3 aromatic heterocycles. The number of carbonyl (C=O) groups excluding carboxylic acids is 1. The van der Waals surface area contributed by atoms with E-state index < -0.39 is 0 Å².